The van der Waals surface area contributed by atoms with Crippen molar-refractivity contribution in [2.45, 2.75) is 6.04 Å². The molecule has 1 N–H and O–H groups in total. The molecule has 2 nitrogen and oxygen atoms in total. The van der Waals surface area contributed by atoms with Crippen molar-refractivity contribution in [2.75, 3.05) is 19.8 Å². The Labute approximate surface area is 91.2 Å². The fourth-order valence-corrected chi connectivity index (χ4v) is 1.78. The van der Waals surface area contributed by atoms with E-state index in [0.717, 1.165) is 6.07 Å². The number of hydrogen-bond donors (Lipinski definition) is 1. The quantitative estimate of drug-likeness (QED) is 0.752. The molecular weight excluding hydrogens is 224 g/mol. The van der Waals surface area contributed by atoms with E-state index in [2.05, 4.69) is 5.32 Å². The first-order chi connectivity index (χ1) is 7.20. The average Bonchev–Trinajstić information content (AvgIpc) is 2.26. The first-order valence-electron chi connectivity index (χ1n) is 4.64. The lowest BCUT2D eigenvalue weighted by molar-refractivity contribution is 0.0745. The van der Waals surface area contributed by atoms with Crippen LogP contribution in [0.4, 0.5) is 8.78 Å². The van der Waals surface area contributed by atoms with Gasteiger partial charge in [-0.2, -0.15) is 0 Å². The van der Waals surface area contributed by atoms with Gasteiger partial charge in [0.05, 0.1) is 24.3 Å². The van der Waals surface area contributed by atoms with Gasteiger partial charge in [-0.15, -0.1) is 0 Å². The van der Waals surface area contributed by atoms with E-state index in [4.69, 9.17) is 16.3 Å². The molecule has 1 aromatic carbocycles. The molecule has 0 saturated carbocycles. The molecule has 15 heavy (non-hydrogen) atoms. The molecule has 1 aliphatic rings. The van der Waals surface area contributed by atoms with Crippen LogP contribution in [-0.4, -0.2) is 19.8 Å². The highest BCUT2D eigenvalue weighted by atomic mass is 35.5. The van der Waals surface area contributed by atoms with E-state index in [9.17, 15) is 8.78 Å². The van der Waals surface area contributed by atoms with Crippen LogP contribution in [0.5, 0.6) is 0 Å². The smallest absolute Gasteiger partial charge is 0.149 e. The average molecular weight is 234 g/mol. The van der Waals surface area contributed by atoms with Crippen molar-refractivity contribution in [1.82, 2.24) is 5.32 Å². The minimum Gasteiger partial charge on any atom is -0.378 e. The normalized spacial score (nSPS) is 21.7. The van der Waals surface area contributed by atoms with Gasteiger partial charge >= 0.3 is 0 Å². The van der Waals surface area contributed by atoms with Crippen molar-refractivity contribution in [3.63, 3.8) is 0 Å². The molecule has 0 aliphatic carbocycles. The van der Waals surface area contributed by atoms with Crippen LogP contribution in [-0.2, 0) is 4.74 Å². The summed E-state index contributed by atoms with van der Waals surface area (Å²) >= 11 is 5.59. The van der Waals surface area contributed by atoms with Gasteiger partial charge in [-0.05, 0) is 12.1 Å². The molecule has 1 aliphatic heterocycles. The highest BCUT2D eigenvalue weighted by molar-refractivity contribution is 6.30. The molecular formula is C10H10ClF2NO. The SMILES string of the molecule is Fc1ccc(Cl)c(F)c1C1COCCN1. The highest BCUT2D eigenvalue weighted by Crippen LogP contribution is 2.27. The lowest BCUT2D eigenvalue weighted by Gasteiger charge is -2.25. The van der Waals surface area contributed by atoms with Gasteiger partial charge in [0.15, 0.2) is 0 Å². The van der Waals surface area contributed by atoms with Crippen LogP contribution in [0.2, 0.25) is 5.02 Å². The molecule has 2 rings (SSSR count). The minimum absolute atomic E-state index is 0.0396. The predicted molar refractivity (Wildman–Crippen MR) is 52.9 cm³/mol. The Balaban J connectivity index is 2.36. The first-order valence-corrected chi connectivity index (χ1v) is 5.02. The monoisotopic (exact) mass is 233 g/mol. The molecule has 1 atom stereocenters. The maximum absolute atomic E-state index is 13.6. The maximum Gasteiger partial charge on any atom is 0.149 e. The van der Waals surface area contributed by atoms with Gasteiger partial charge in [0.2, 0.25) is 0 Å². The minimum atomic E-state index is -0.709. The summed E-state index contributed by atoms with van der Waals surface area (Å²) in [4.78, 5) is 0. The first kappa shape index (κ1) is 10.8. The molecule has 0 spiro atoms. The van der Waals surface area contributed by atoms with Crippen LogP contribution in [0, 0.1) is 11.6 Å². The van der Waals surface area contributed by atoms with Gasteiger partial charge in [0.25, 0.3) is 0 Å². The third kappa shape index (κ3) is 2.12. The van der Waals surface area contributed by atoms with Crippen LogP contribution < -0.4 is 5.32 Å². The third-order valence-electron chi connectivity index (χ3n) is 2.35. The van der Waals surface area contributed by atoms with Crippen LogP contribution >= 0.6 is 11.6 Å². The van der Waals surface area contributed by atoms with E-state index >= 15 is 0 Å². The van der Waals surface area contributed by atoms with Crippen molar-refractivity contribution in [2.24, 2.45) is 0 Å². The number of nitrogens with one attached hydrogen (secondary N) is 1. The summed E-state index contributed by atoms with van der Waals surface area (Å²) in [6.45, 7) is 1.39. The zero-order valence-corrected chi connectivity index (χ0v) is 8.65. The standard InChI is InChI=1S/C10H10ClF2NO/c11-6-1-2-7(12)9(10(6)13)8-5-15-4-3-14-8/h1-2,8,14H,3-5H2. The van der Waals surface area contributed by atoms with Gasteiger partial charge in [0.1, 0.15) is 11.6 Å². The van der Waals surface area contributed by atoms with E-state index in [1.807, 2.05) is 0 Å². The van der Waals surface area contributed by atoms with Crippen LogP contribution in [0.3, 0.4) is 0 Å². The van der Waals surface area contributed by atoms with E-state index < -0.39 is 17.7 Å². The summed E-state index contributed by atoms with van der Waals surface area (Å²) in [5.74, 6) is -1.31. The van der Waals surface area contributed by atoms with Crippen LogP contribution in [0.1, 0.15) is 11.6 Å². The lowest BCUT2D eigenvalue weighted by atomic mass is 10.1. The van der Waals surface area contributed by atoms with E-state index in [1.54, 1.807) is 0 Å². The number of benzene rings is 1. The summed E-state index contributed by atoms with van der Waals surface area (Å²) in [6.07, 6.45) is 0. The fraction of sp³-hybridized carbons (Fsp3) is 0.400. The molecule has 1 unspecified atom stereocenters. The highest BCUT2D eigenvalue weighted by Gasteiger charge is 2.23. The summed E-state index contributed by atoms with van der Waals surface area (Å²) in [5, 5.41) is 2.91. The third-order valence-corrected chi connectivity index (χ3v) is 2.64. The Morgan fingerprint density at radius 3 is 2.87 bits per heavy atom. The fourth-order valence-electron chi connectivity index (χ4n) is 1.61. The Bertz CT molecular complexity index is 367. The number of hydrogen-bond acceptors (Lipinski definition) is 2. The number of ether oxygens (including phenoxy) is 1. The van der Waals surface area contributed by atoms with Crippen molar-refractivity contribution in [3.8, 4) is 0 Å². The summed E-state index contributed by atoms with van der Waals surface area (Å²) < 4.78 is 32.1. The summed E-state index contributed by atoms with van der Waals surface area (Å²) in [5.41, 5.74) is -0.0396. The second kappa shape index (κ2) is 4.43. The van der Waals surface area contributed by atoms with Gasteiger partial charge in [-0.1, -0.05) is 11.6 Å². The Kier molecular flexibility index (Phi) is 3.19. The molecule has 1 saturated heterocycles. The molecule has 82 valence electrons. The Morgan fingerprint density at radius 2 is 2.20 bits per heavy atom. The molecule has 0 radical (unpaired) electrons. The second-order valence-electron chi connectivity index (χ2n) is 3.34. The van der Waals surface area contributed by atoms with Gasteiger partial charge < -0.3 is 10.1 Å². The molecule has 0 aromatic heterocycles. The van der Waals surface area contributed by atoms with E-state index in [1.165, 1.54) is 6.07 Å². The lowest BCUT2D eigenvalue weighted by Crippen LogP contribution is -2.35. The van der Waals surface area contributed by atoms with Gasteiger partial charge in [0, 0.05) is 12.1 Å². The molecule has 1 fully saturated rings. The molecule has 1 heterocycles. The van der Waals surface area contributed by atoms with Crippen molar-refractivity contribution in [3.05, 3.63) is 34.4 Å². The van der Waals surface area contributed by atoms with Crippen molar-refractivity contribution in [1.29, 1.82) is 0 Å². The Hall–Kier alpha value is -0.710. The largest absolute Gasteiger partial charge is 0.378 e. The molecule has 0 bridgehead atoms. The number of rotatable bonds is 1. The molecule has 5 heteroatoms. The van der Waals surface area contributed by atoms with Crippen molar-refractivity contribution >= 4 is 11.6 Å². The zero-order valence-electron chi connectivity index (χ0n) is 7.90. The predicted octanol–water partition coefficient (Wildman–Crippen LogP) is 2.28. The van der Waals surface area contributed by atoms with Crippen molar-refractivity contribution < 1.29 is 13.5 Å². The zero-order chi connectivity index (χ0) is 10.8. The maximum atomic E-state index is 13.6. The number of morpholine rings is 1. The summed E-state index contributed by atoms with van der Waals surface area (Å²) in [7, 11) is 0. The van der Waals surface area contributed by atoms with Crippen LogP contribution in [0.25, 0.3) is 0 Å². The van der Waals surface area contributed by atoms with E-state index in [-0.39, 0.29) is 17.2 Å². The topological polar surface area (TPSA) is 21.3 Å². The molecule has 1 aromatic rings. The van der Waals surface area contributed by atoms with Gasteiger partial charge in [-0.3, -0.25) is 0 Å². The van der Waals surface area contributed by atoms with Gasteiger partial charge in [-0.25, -0.2) is 8.78 Å². The molecule has 0 amide bonds. The van der Waals surface area contributed by atoms with Crippen LogP contribution in [0.15, 0.2) is 12.1 Å². The second-order valence-corrected chi connectivity index (χ2v) is 3.75. The number of halogens is 3. The van der Waals surface area contributed by atoms with E-state index in [0.29, 0.717) is 13.2 Å². The Morgan fingerprint density at radius 1 is 1.40 bits per heavy atom. The summed E-state index contributed by atoms with van der Waals surface area (Å²) in [6, 6.07) is 1.91.